The van der Waals surface area contributed by atoms with Crippen molar-refractivity contribution in [3.63, 3.8) is 0 Å². The van der Waals surface area contributed by atoms with Crippen molar-refractivity contribution in [1.29, 1.82) is 0 Å². The largest absolute Gasteiger partial charge is 0.223 e. The second kappa shape index (κ2) is 4.23. The lowest BCUT2D eigenvalue weighted by Gasteiger charge is -1.99. The third-order valence-corrected chi connectivity index (χ3v) is 4.96. The first-order chi connectivity index (χ1) is 7.48. The number of aromatic nitrogens is 2. The monoisotopic (exact) mass is 318 g/mol. The van der Waals surface area contributed by atoms with Gasteiger partial charge in [-0.15, -0.1) is 5.10 Å². The average molecular weight is 319 g/mol. The summed E-state index contributed by atoms with van der Waals surface area (Å²) >= 11 is 4.21. The van der Waals surface area contributed by atoms with E-state index in [-0.39, 0.29) is 4.21 Å². The van der Waals surface area contributed by atoms with Crippen molar-refractivity contribution >= 4 is 37.3 Å². The minimum absolute atomic E-state index is 0.204. The number of halogens is 1. The molecule has 84 valence electrons. The molecule has 0 spiro atoms. The molecule has 4 nitrogen and oxygen atoms in total. The molecule has 0 atom stereocenters. The first-order valence-electron chi connectivity index (χ1n) is 4.27. The highest BCUT2D eigenvalue weighted by Gasteiger charge is 2.19. The molecule has 7 heteroatoms. The summed E-state index contributed by atoms with van der Waals surface area (Å²) in [6.45, 7) is 0. The summed E-state index contributed by atoms with van der Waals surface area (Å²) in [5.74, 6) is 0. The average Bonchev–Trinajstić information content (AvgIpc) is 2.66. The van der Waals surface area contributed by atoms with Gasteiger partial charge in [0, 0.05) is 27.8 Å². The molecular formula is C9H7BrN2O2S2. The maximum atomic E-state index is 11.5. The summed E-state index contributed by atoms with van der Waals surface area (Å²) in [7, 11) is -3.27. The van der Waals surface area contributed by atoms with Gasteiger partial charge >= 0.3 is 0 Å². The molecule has 0 radical (unpaired) electrons. The van der Waals surface area contributed by atoms with E-state index in [4.69, 9.17) is 0 Å². The summed E-state index contributed by atoms with van der Waals surface area (Å²) in [4.78, 5) is 0. The highest BCUT2D eigenvalue weighted by Crippen LogP contribution is 2.28. The molecule has 1 aromatic heterocycles. The molecule has 0 fully saturated rings. The van der Waals surface area contributed by atoms with Crippen LogP contribution in [0.4, 0.5) is 0 Å². The van der Waals surface area contributed by atoms with Crippen LogP contribution in [0.5, 0.6) is 0 Å². The first kappa shape index (κ1) is 11.7. The highest BCUT2D eigenvalue weighted by atomic mass is 79.9. The maximum Gasteiger partial charge on any atom is 0.188 e. The van der Waals surface area contributed by atoms with E-state index >= 15 is 0 Å². The fourth-order valence-corrected chi connectivity index (χ4v) is 3.07. The Morgan fingerprint density at radius 1 is 1.25 bits per heavy atom. The Morgan fingerprint density at radius 3 is 2.44 bits per heavy atom. The van der Waals surface area contributed by atoms with Crippen LogP contribution in [0.2, 0.25) is 0 Å². The fourth-order valence-electron chi connectivity index (χ4n) is 1.21. The summed E-state index contributed by atoms with van der Waals surface area (Å²) in [5.41, 5.74) is 1.16. The maximum absolute atomic E-state index is 11.5. The molecule has 0 aliphatic heterocycles. The molecule has 2 rings (SSSR count). The van der Waals surface area contributed by atoms with Gasteiger partial charge in [0.1, 0.15) is 5.69 Å². The minimum Gasteiger partial charge on any atom is -0.223 e. The van der Waals surface area contributed by atoms with E-state index < -0.39 is 9.84 Å². The molecule has 1 heterocycles. The summed E-state index contributed by atoms with van der Waals surface area (Å²) < 4.78 is 27.8. The topological polar surface area (TPSA) is 59.9 Å². The zero-order valence-corrected chi connectivity index (χ0v) is 11.4. The Hall–Kier alpha value is -0.790. The summed E-state index contributed by atoms with van der Waals surface area (Å²) in [5, 5.41) is 3.86. The van der Waals surface area contributed by atoms with E-state index in [0.717, 1.165) is 27.8 Å². The second-order valence-electron chi connectivity index (χ2n) is 3.19. The molecule has 0 saturated heterocycles. The lowest BCUT2D eigenvalue weighted by molar-refractivity contribution is 0.604. The van der Waals surface area contributed by atoms with Gasteiger partial charge in [0.25, 0.3) is 0 Å². The van der Waals surface area contributed by atoms with Gasteiger partial charge in [-0.3, -0.25) is 0 Å². The van der Waals surface area contributed by atoms with Crippen LogP contribution < -0.4 is 0 Å². The smallest absolute Gasteiger partial charge is 0.188 e. The number of nitrogens with zero attached hydrogens (tertiary/aromatic N) is 2. The normalized spacial score (nSPS) is 11.6. The van der Waals surface area contributed by atoms with Gasteiger partial charge in [-0.25, -0.2) is 8.42 Å². The lowest BCUT2D eigenvalue weighted by atomic mass is 10.2. The number of benzene rings is 1. The predicted molar refractivity (Wildman–Crippen MR) is 66.2 cm³/mol. The number of sulfone groups is 1. The van der Waals surface area contributed by atoms with Crippen molar-refractivity contribution in [2.24, 2.45) is 0 Å². The van der Waals surface area contributed by atoms with Gasteiger partial charge in [-0.1, -0.05) is 32.6 Å². The van der Waals surface area contributed by atoms with Crippen LogP contribution >= 0.6 is 27.5 Å². The van der Waals surface area contributed by atoms with Crippen molar-refractivity contribution in [2.75, 3.05) is 6.26 Å². The molecule has 0 aliphatic rings. The zero-order chi connectivity index (χ0) is 11.8. The quantitative estimate of drug-likeness (QED) is 0.853. The van der Waals surface area contributed by atoms with Gasteiger partial charge < -0.3 is 0 Å². The number of rotatable bonds is 2. The van der Waals surface area contributed by atoms with Gasteiger partial charge in [0.2, 0.25) is 0 Å². The van der Waals surface area contributed by atoms with Gasteiger partial charge in [0.05, 0.1) is 0 Å². The van der Waals surface area contributed by atoms with Crippen LogP contribution in [-0.4, -0.2) is 24.3 Å². The molecular weight excluding hydrogens is 312 g/mol. The van der Waals surface area contributed by atoms with Crippen molar-refractivity contribution in [3.05, 3.63) is 28.7 Å². The summed E-state index contributed by atoms with van der Waals surface area (Å²) in [6, 6.07) is 7.27. The van der Waals surface area contributed by atoms with Crippen LogP contribution in [0.1, 0.15) is 0 Å². The molecule has 1 aromatic carbocycles. The van der Waals surface area contributed by atoms with Crippen LogP contribution in [0, 0.1) is 0 Å². The SMILES string of the molecule is CS(=O)(=O)c1snnc1-c1ccc(Br)cc1. The first-order valence-corrected chi connectivity index (χ1v) is 7.72. The Bertz CT molecular complexity index is 605. The standard InChI is InChI=1S/C9H7BrN2O2S2/c1-16(13,14)9-8(11-12-15-9)6-2-4-7(10)5-3-6/h2-5H,1H3. The van der Waals surface area contributed by atoms with E-state index in [1.165, 1.54) is 0 Å². The Balaban J connectivity index is 2.58. The molecule has 0 unspecified atom stereocenters. The van der Waals surface area contributed by atoms with E-state index in [2.05, 4.69) is 25.5 Å². The minimum atomic E-state index is -3.27. The van der Waals surface area contributed by atoms with Crippen molar-refractivity contribution in [3.8, 4) is 11.3 Å². The predicted octanol–water partition coefficient (Wildman–Crippen LogP) is 2.37. The summed E-state index contributed by atoms with van der Waals surface area (Å²) in [6.07, 6.45) is 1.16. The van der Waals surface area contributed by atoms with Crippen molar-refractivity contribution in [1.82, 2.24) is 9.59 Å². The lowest BCUT2D eigenvalue weighted by Crippen LogP contribution is -1.96. The van der Waals surface area contributed by atoms with Crippen molar-refractivity contribution in [2.45, 2.75) is 4.21 Å². The van der Waals surface area contributed by atoms with Crippen LogP contribution in [-0.2, 0) is 9.84 Å². The van der Waals surface area contributed by atoms with Crippen LogP contribution in [0.3, 0.4) is 0 Å². The molecule has 2 aromatic rings. The van der Waals surface area contributed by atoms with E-state index in [9.17, 15) is 8.42 Å². The Morgan fingerprint density at radius 2 is 1.88 bits per heavy atom. The van der Waals surface area contributed by atoms with Crippen molar-refractivity contribution < 1.29 is 8.42 Å². The molecule has 0 aliphatic carbocycles. The van der Waals surface area contributed by atoms with E-state index in [1.807, 2.05) is 12.1 Å². The van der Waals surface area contributed by atoms with Gasteiger partial charge in [0.15, 0.2) is 14.0 Å². The van der Waals surface area contributed by atoms with Gasteiger partial charge in [-0.05, 0) is 12.1 Å². The van der Waals surface area contributed by atoms with E-state index in [0.29, 0.717) is 5.69 Å². The highest BCUT2D eigenvalue weighted by molar-refractivity contribution is 9.10. The second-order valence-corrected chi connectivity index (χ2v) is 7.07. The third kappa shape index (κ3) is 2.31. The number of hydrogen-bond acceptors (Lipinski definition) is 5. The molecule has 0 saturated carbocycles. The Kier molecular flexibility index (Phi) is 3.09. The van der Waals surface area contributed by atoms with Crippen LogP contribution in [0.15, 0.2) is 32.9 Å². The number of hydrogen-bond donors (Lipinski definition) is 0. The van der Waals surface area contributed by atoms with Crippen LogP contribution in [0.25, 0.3) is 11.3 Å². The molecule has 0 amide bonds. The van der Waals surface area contributed by atoms with Gasteiger partial charge in [-0.2, -0.15) is 0 Å². The fraction of sp³-hybridized carbons (Fsp3) is 0.111. The molecule has 0 bridgehead atoms. The zero-order valence-electron chi connectivity index (χ0n) is 8.21. The molecule has 16 heavy (non-hydrogen) atoms. The van der Waals surface area contributed by atoms with E-state index in [1.54, 1.807) is 12.1 Å². The Labute approximate surface area is 106 Å². The molecule has 0 N–H and O–H groups in total. The third-order valence-electron chi connectivity index (χ3n) is 1.91.